The number of hydrazine groups is 1. The summed E-state index contributed by atoms with van der Waals surface area (Å²) in [6.07, 6.45) is 1.90. The molecule has 4 N–H and O–H groups in total. The van der Waals surface area contributed by atoms with Gasteiger partial charge in [0.15, 0.2) is 0 Å². The maximum atomic E-state index is 5.49. The van der Waals surface area contributed by atoms with Gasteiger partial charge in [0.25, 0.3) is 0 Å². The monoisotopic (exact) mass is 251 g/mol. The van der Waals surface area contributed by atoms with Crippen LogP contribution in [0.5, 0.6) is 0 Å². The fourth-order valence-electron chi connectivity index (χ4n) is 2.00. The van der Waals surface area contributed by atoms with E-state index < -0.39 is 0 Å². The lowest BCUT2D eigenvalue weighted by Gasteiger charge is -2.19. The number of nitrogens with one attached hydrogen (secondary N) is 2. The molecule has 1 heterocycles. The predicted octanol–water partition coefficient (Wildman–Crippen LogP) is 2.48. The van der Waals surface area contributed by atoms with Crippen molar-refractivity contribution in [2.75, 3.05) is 10.7 Å². The minimum atomic E-state index is 0.383. The lowest BCUT2D eigenvalue weighted by Crippen LogP contribution is -2.21. The molecule has 5 heteroatoms. The lowest BCUT2D eigenvalue weighted by atomic mass is 10.1. The van der Waals surface area contributed by atoms with Crippen LogP contribution in [0.3, 0.4) is 0 Å². The fourth-order valence-corrected chi connectivity index (χ4v) is 2.00. The molecule has 5 nitrogen and oxygen atoms in total. The number of rotatable bonds is 6. The average molecular weight is 251 g/mol. The molecule has 102 valence electrons. The summed E-state index contributed by atoms with van der Waals surface area (Å²) in [5, 5.41) is 3.44. The van der Waals surface area contributed by atoms with Crippen molar-refractivity contribution >= 4 is 11.6 Å². The predicted molar refractivity (Wildman–Crippen MR) is 76.5 cm³/mol. The van der Waals surface area contributed by atoms with Crippen molar-refractivity contribution in [2.45, 2.75) is 53.5 Å². The van der Waals surface area contributed by atoms with E-state index in [9.17, 15) is 0 Å². The largest absolute Gasteiger partial charge is 0.367 e. The van der Waals surface area contributed by atoms with Crippen molar-refractivity contribution in [2.24, 2.45) is 11.8 Å². The van der Waals surface area contributed by atoms with Gasteiger partial charge >= 0.3 is 0 Å². The van der Waals surface area contributed by atoms with Crippen molar-refractivity contribution in [1.82, 2.24) is 9.97 Å². The third kappa shape index (κ3) is 3.84. The summed E-state index contributed by atoms with van der Waals surface area (Å²) >= 11 is 0. The zero-order valence-electron chi connectivity index (χ0n) is 12.0. The Hall–Kier alpha value is -1.36. The van der Waals surface area contributed by atoms with Crippen molar-refractivity contribution in [3.63, 3.8) is 0 Å². The smallest absolute Gasteiger partial charge is 0.148 e. The molecule has 18 heavy (non-hydrogen) atoms. The Morgan fingerprint density at radius 2 is 1.78 bits per heavy atom. The summed E-state index contributed by atoms with van der Waals surface area (Å²) in [6, 6.07) is 0.383. The standard InChI is InChI=1S/C13H25N5/c1-6-11-16-12(10(5)13(17-11)18-14)15-9(4)7-8(2)3/h8-9H,6-7,14H2,1-5H3,(H2,15,16,17,18). The van der Waals surface area contributed by atoms with E-state index in [0.717, 1.165) is 30.0 Å². The van der Waals surface area contributed by atoms with Crippen LogP contribution in [0.2, 0.25) is 0 Å². The SMILES string of the molecule is CCc1nc(NN)c(C)c(NC(C)CC(C)C)n1. The van der Waals surface area contributed by atoms with Gasteiger partial charge in [-0.15, -0.1) is 0 Å². The van der Waals surface area contributed by atoms with Crippen molar-refractivity contribution in [3.8, 4) is 0 Å². The van der Waals surface area contributed by atoms with Crippen LogP contribution in [0.4, 0.5) is 11.6 Å². The van der Waals surface area contributed by atoms with Gasteiger partial charge in [0.2, 0.25) is 0 Å². The first-order valence-corrected chi connectivity index (χ1v) is 6.58. The lowest BCUT2D eigenvalue weighted by molar-refractivity contribution is 0.538. The van der Waals surface area contributed by atoms with Gasteiger partial charge in [-0.1, -0.05) is 20.8 Å². The summed E-state index contributed by atoms with van der Waals surface area (Å²) in [5.41, 5.74) is 3.60. The molecule has 0 saturated heterocycles. The molecule has 1 aromatic heterocycles. The highest BCUT2D eigenvalue weighted by atomic mass is 15.3. The van der Waals surface area contributed by atoms with Gasteiger partial charge in [-0.05, 0) is 26.2 Å². The molecule has 0 aliphatic heterocycles. The first-order chi connectivity index (χ1) is 8.47. The van der Waals surface area contributed by atoms with E-state index in [0.29, 0.717) is 17.8 Å². The van der Waals surface area contributed by atoms with E-state index in [-0.39, 0.29) is 0 Å². The number of hydrogen-bond donors (Lipinski definition) is 3. The molecule has 0 aliphatic carbocycles. The number of aryl methyl sites for hydroxylation is 1. The van der Waals surface area contributed by atoms with Crippen LogP contribution in [0.15, 0.2) is 0 Å². The molecule has 0 amide bonds. The van der Waals surface area contributed by atoms with Crippen LogP contribution in [0, 0.1) is 12.8 Å². The molecule has 0 bridgehead atoms. The van der Waals surface area contributed by atoms with Crippen molar-refractivity contribution < 1.29 is 0 Å². The maximum absolute atomic E-state index is 5.49. The normalized spacial score (nSPS) is 12.6. The Bertz CT molecular complexity index is 389. The van der Waals surface area contributed by atoms with Gasteiger partial charge in [0.05, 0.1) is 0 Å². The van der Waals surface area contributed by atoms with Crippen molar-refractivity contribution in [3.05, 3.63) is 11.4 Å². The molecule has 1 atom stereocenters. The molecule has 1 unspecified atom stereocenters. The van der Waals surface area contributed by atoms with E-state index in [2.05, 4.69) is 41.5 Å². The zero-order chi connectivity index (χ0) is 13.7. The molecule has 0 aliphatic rings. The topological polar surface area (TPSA) is 75.9 Å². The highest BCUT2D eigenvalue weighted by Crippen LogP contribution is 2.21. The quantitative estimate of drug-likeness (QED) is 0.535. The molecular weight excluding hydrogens is 226 g/mol. The van der Waals surface area contributed by atoms with Crippen LogP contribution in [-0.4, -0.2) is 16.0 Å². The Morgan fingerprint density at radius 1 is 1.17 bits per heavy atom. The Kier molecular flexibility index (Phi) is 5.34. The number of hydrogen-bond acceptors (Lipinski definition) is 5. The summed E-state index contributed by atoms with van der Waals surface area (Å²) in [7, 11) is 0. The van der Waals surface area contributed by atoms with Gasteiger partial charge < -0.3 is 10.7 Å². The van der Waals surface area contributed by atoms with Gasteiger partial charge in [-0.3, -0.25) is 0 Å². The van der Waals surface area contributed by atoms with Gasteiger partial charge in [0.1, 0.15) is 17.5 Å². The van der Waals surface area contributed by atoms with Crippen LogP contribution < -0.4 is 16.6 Å². The Morgan fingerprint density at radius 3 is 2.28 bits per heavy atom. The van der Waals surface area contributed by atoms with E-state index in [1.165, 1.54) is 0 Å². The van der Waals surface area contributed by atoms with Crippen LogP contribution >= 0.6 is 0 Å². The third-order valence-corrected chi connectivity index (χ3v) is 2.85. The second-order valence-corrected chi connectivity index (χ2v) is 5.13. The second kappa shape index (κ2) is 6.54. The van der Waals surface area contributed by atoms with E-state index >= 15 is 0 Å². The summed E-state index contributed by atoms with van der Waals surface area (Å²) < 4.78 is 0. The second-order valence-electron chi connectivity index (χ2n) is 5.13. The summed E-state index contributed by atoms with van der Waals surface area (Å²) in [6.45, 7) is 10.6. The molecule has 0 fully saturated rings. The molecule has 0 radical (unpaired) electrons. The van der Waals surface area contributed by atoms with E-state index in [1.807, 2.05) is 13.8 Å². The minimum Gasteiger partial charge on any atom is -0.367 e. The summed E-state index contributed by atoms with van der Waals surface area (Å²) in [4.78, 5) is 8.88. The average Bonchev–Trinajstić information content (AvgIpc) is 2.30. The third-order valence-electron chi connectivity index (χ3n) is 2.85. The maximum Gasteiger partial charge on any atom is 0.148 e. The number of aromatic nitrogens is 2. The van der Waals surface area contributed by atoms with Crippen molar-refractivity contribution in [1.29, 1.82) is 0 Å². The van der Waals surface area contributed by atoms with Crippen LogP contribution in [-0.2, 0) is 6.42 Å². The molecule has 0 spiro atoms. The molecule has 1 rings (SSSR count). The number of nitrogens with zero attached hydrogens (tertiary/aromatic N) is 2. The Balaban J connectivity index is 2.93. The van der Waals surface area contributed by atoms with Gasteiger partial charge in [-0.2, -0.15) is 0 Å². The van der Waals surface area contributed by atoms with E-state index in [1.54, 1.807) is 0 Å². The number of nitrogen functional groups attached to an aromatic ring is 1. The minimum absolute atomic E-state index is 0.383. The van der Waals surface area contributed by atoms with Gasteiger partial charge in [-0.25, -0.2) is 15.8 Å². The van der Waals surface area contributed by atoms with E-state index in [4.69, 9.17) is 5.84 Å². The molecule has 0 saturated carbocycles. The highest BCUT2D eigenvalue weighted by Gasteiger charge is 2.12. The zero-order valence-corrected chi connectivity index (χ0v) is 12.0. The fraction of sp³-hybridized carbons (Fsp3) is 0.692. The first-order valence-electron chi connectivity index (χ1n) is 6.58. The molecular formula is C13H25N5. The van der Waals surface area contributed by atoms with Crippen LogP contribution in [0.1, 0.15) is 45.5 Å². The van der Waals surface area contributed by atoms with Gasteiger partial charge in [0, 0.05) is 18.0 Å². The molecule has 0 aromatic carbocycles. The molecule has 1 aromatic rings. The summed E-state index contributed by atoms with van der Waals surface area (Å²) in [5.74, 6) is 8.52. The first kappa shape index (κ1) is 14.7. The van der Waals surface area contributed by atoms with Crippen LogP contribution in [0.25, 0.3) is 0 Å². The number of anilines is 2. The Labute approximate surface area is 110 Å². The number of nitrogens with two attached hydrogens (primary N) is 1. The highest BCUT2D eigenvalue weighted by molar-refractivity contribution is 5.57.